The number of anilines is 1. The first-order valence-electron chi connectivity index (χ1n) is 7.03. The van der Waals surface area contributed by atoms with Crippen molar-refractivity contribution < 1.29 is 8.81 Å². The quantitative estimate of drug-likeness (QED) is 0.787. The summed E-state index contributed by atoms with van der Waals surface area (Å²) in [6.07, 6.45) is 3.97. The average Bonchev–Trinajstić information content (AvgIpc) is 2.99. The van der Waals surface area contributed by atoms with E-state index in [1.54, 1.807) is 6.07 Å². The third kappa shape index (κ3) is 2.26. The molecule has 4 rings (SSSR count). The van der Waals surface area contributed by atoms with Crippen molar-refractivity contribution in [3.05, 3.63) is 41.7 Å². The summed E-state index contributed by atoms with van der Waals surface area (Å²) in [6, 6.07) is 5.03. The third-order valence-corrected chi connectivity index (χ3v) is 3.79. The smallest absolute Gasteiger partial charge is 0.295 e. The number of aromatic nitrogens is 3. The molecule has 0 saturated heterocycles. The second-order valence-electron chi connectivity index (χ2n) is 5.46. The van der Waals surface area contributed by atoms with E-state index >= 15 is 0 Å². The van der Waals surface area contributed by atoms with Crippen LogP contribution in [0, 0.1) is 12.7 Å². The van der Waals surface area contributed by atoms with Crippen molar-refractivity contribution in [2.45, 2.75) is 32.4 Å². The van der Waals surface area contributed by atoms with Crippen LogP contribution in [0.5, 0.6) is 0 Å². The van der Waals surface area contributed by atoms with Gasteiger partial charge in [0.2, 0.25) is 0 Å². The first-order valence-corrected chi connectivity index (χ1v) is 7.03. The standard InChI is InChI=1S/C15H15FN4O/c1-9-7-20-8-11(3-5-14(20)17-9)18-15-19-12-6-10(16)2-4-13(12)21-15/h2,4,6-7,11H,3,5,8H2,1H3,(H,18,19). The largest absolute Gasteiger partial charge is 0.424 e. The number of hydrogen-bond donors (Lipinski definition) is 1. The SMILES string of the molecule is Cc1cn2c(n1)CCC(Nc1nc3cc(F)ccc3o1)C2. The van der Waals surface area contributed by atoms with Crippen LogP contribution in [-0.4, -0.2) is 20.6 Å². The zero-order valence-electron chi connectivity index (χ0n) is 11.6. The minimum absolute atomic E-state index is 0.240. The van der Waals surface area contributed by atoms with Gasteiger partial charge < -0.3 is 14.3 Å². The monoisotopic (exact) mass is 286 g/mol. The Labute approximate surface area is 120 Å². The Kier molecular flexibility index (Phi) is 2.70. The Morgan fingerprint density at radius 1 is 1.38 bits per heavy atom. The molecule has 1 aromatic carbocycles. The zero-order valence-corrected chi connectivity index (χ0v) is 11.6. The number of nitrogens with zero attached hydrogens (tertiary/aromatic N) is 3. The molecule has 21 heavy (non-hydrogen) atoms. The van der Waals surface area contributed by atoms with E-state index in [0.29, 0.717) is 17.1 Å². The van der Waals surface area contributed by atoms with Crippen molar-refractivity contribution in [1.29, 1.82) is 0 Å². The number of hydrogen-bond acceptors (Lipinski definition) is 4. The van der Waals surface area contributed by atoms with Crippen molar-refractivity contribution >= 4 is 17.1 Å². The minimum atomic E-state index is -0.307. The molecular formula is C15H15FN4O. The highest BCUT2D eigenvalue weighted by Gasteiger charge is 2.21. The molecule has 1 aliphatic rings. The summed E-state index contributed by atoms with van der Waals surface area (Å²) >= 11 is 0. The lowest BCUT2D eigenvalue weighted by molar-refractivity contribution is 0.463. The number of imidazole rings is 1. The molecule has 1 aliphatic heterocycles. The van der Waals surface area contributed by atoms with Crippen LogP contribution in [0.25, 0.3) is 11.1 Å². The van der Waals surface area contributed by atoms with Gasteiger partial charge in [0.1, 0.15) is 17.2 Å². The number of fused-ring (bicyclic) bond motifs is 2. The van der Waals surface area contributed by atoms with Crippen LogP contribution in [-0.2, 0) is 13.0 Å². The predicted molar refractivity (Wildman–Crippen MR) is 76.7 cm³/mol. The molecule has 0 radical (unpaired) electrons. The van der Waals surface area contributed by atoms with E-state index in [0.717, 1.165) is 30.9 Å². The molecule has 0 aliphatic carbocycles. The molecule has 0 fully saturated rings. The average molecular weight is 286 g/mol. The van der Waals surface area contributed by atoms with Gasteiger partial charge in [-0.25, -0.2) is 9.37 Å². The van der Waals surface area contributed by atoms with Crippen LogP contribution in [0.15, 0.2) is 28.8 Å². The Morgan fingerprint density at radius 2 is 2.29 bits per heavy atom. The van der Waals surface area contributed by atoms with Crippen LogP contribution < -0.4 is 5.32 Å². The molecule has 2 aromatic heterocycles. The summed E-state index contributed by atoms with van der Waals surface area (Å²) < 4.78 is 20.9. The molecule has 3 heterocycles. The fraction of sp³-hybridized carbons (Fsp3) is 0.333. The highest BCUT2D eigenvalue weighted by molar-refractivity contribution is 5.74. The second-order valence-corrected chi connectivity index (χ2v) is 5.46. The molecular weight excluding hydrogens is 271 g/mol. The topological polar surface area (TPSA) is 55.9 Å². The van der Waals surface area contributed by atoms with E-state index in [-0.39, 0.29) is 11.9 Å². The molecule has 1 atom stereocenters. The number of nitrogens with one attached hydrogen (secondary N) is 1. The van der Waals surface area contributed by atoms with Crippen LogP contribution in [0.1, 0.15) is 17.9 Å². The summed E-state index contributed by atoms with van der Waals surface area (Å²) in [5, 5.41) is 3.29. The lowest BCUT2D eigenvalue weighted by atomic mass is 10.1. The molecule has 0 bridgehead atoms. The van der Waals surface area contributed by atoms with Crippen LogP contribution in [0.2, 0.25) is 0 Å². The second kappa shape index (κ2) is 4.58. The number of oxazole rings is 1. The van der Waals surface area contributed by atoms with Gasteiger partial charge in [-0.05, 0) is 25.5 Å². The molecule has 1 N–H and O–H groups in total. The van der Waals surface area contributed by atoms with Gasteiger partial charge in [-0.1, -0.05) is 0 Å². The minimum Gasteiger partial charge on any atom is -0.424 e. The highest BCUT2D eigenvalue weighted by atomic mass is 19.1. The van der Waals surface area contributed by atoms with Crippen molar-refractivity contribution in [1.82, 2.24) is 14.5 Å². The van der Waals surface area contributed by atoms with Gasteiger partial charge in [0, 0.05) is 31.3 Å². The van der Waals surface area contributed by atoms with Crippen LogP contribution in [0.4, 0.5) is 10.4 Å². The third-order valence-electron chi connectivity index (χ3n) is 3.79. The number of benzene rings is 1. The molecule has 3 aromatic rings. The van der Waals surface area contributed by atoms with E-state index in [1.807, 2.05) is 6.92 Å². The van der Waals surface area contributed by atoms with E-state index in [4.69, 9.17) is 4.42 Å². The summed E-state index contributed by atoms with van der Waals surface area (Å²) in [7, 11) is 0. The lowest BCUT2D eigenvalue weighted by Crippen LogP contribution is -2.31. The lowest BCUT2D eigenvalue weighted by Gasteiger charge is -2.23. The molecule has 0 amide bonds. The Morgan fingerprint density at radius 3 is 3.19 bits per heavy atom. The van der Waals surface area contributed by atoms with Gasteiger partial charge in [0.15, 0.2) is 5.58 Å². The fourth-order valence-electron chi connectivity index (χ4n) is 2.84. The van der Waals surface area contributed by atoms with E-state index in [9.17, 15) is 4.39 Å². The summed E-state index contributed by atoms with van der Waals surface area (Å²) in [5.74, 6) is 0.823. The molecule has 0 spiro atoms. The van der Waals surface area contributed by atoms with Gasteiger partial charge in [0.25, 0.3) is 6.01 Å². The highest BCUT2D eigenvalue weighted by Crippen LogP contribution is 2.23. The number of rotatable bonds is 2. The summed E-state index contributed by atoms with van der Waals surface area (Å²) in [5.41, 5.74) is 2.17. The van der Waals surface area contributed by atoms with Gasteiger partial charge >= 0.3 is 0 Å². The first kappa shape index (κ1) is 12.4. The van der Waals surface area contributed by atoms with Crippen LogP contribution >= 0.6 is 0 Å². The van der Waals surface area contributed by atoms with Crippen LogP contribution in [0.3, 0.4) is 0 Å². The summed E-state index contributed by atoms with van der Waals surface area (Å²) in [6.45, 7) is 2.84. The predicted octanol–water partition coefficient (Wildman–Crippen LogP) is 2.90. The molecule has 6 heteroatoms. The zero-order chi connectivity index (χ0) is 14.4. The fourth-order valence-corrected chi connectivity index (χ4v) is 2.84. The molecule has 108 valence electrons. The van der Waals surface area contributed by atoms with E-state index in [2.05, 4.69) is 26.0 Å². The number of aryl methyl sites for hydroxylation is 2. The Hall–Kier alpha value is -2.37. The van der Waals surface area contributed by atoms with Gasteiger partial charge in [-0.15, -0.1) is 0 Å². The Bertz CT molecular complexity index is 807. The van der Waals surface area contributed by atoms with Gasteiger partial charge in [-0.3, -0.25) is 0 Å². The van der Waals surface area contributed by atoms with Crippen molar-refractivity contribution in [2.24, 2.45) is 0 Å². The van der Waals surface area contributed by atoms with Gasteiger partial charge in [0.05, 0.1) is 5.69 Å². The first-order chi connectivity index (χ1) is 10.2. The Balaban J connectivity index is 1.55. The molecule has 0 saturated carbocycles. The molecule has 5 nitrogen and oxygen atoms in total. The normalized spacial score (nSPS) is 17.9. The van der Waals surface area contributed by atoms with Crippen molar-refractivity contribution in [3.63, 3.8) is 0 Å². The maximum Gasteiger partial charge on any atom is 0.295 e. The van der Waals surface area contributed by atoms with Gasteiger partial charge in [-0.2, -0.15) is 4.98 Å². The van der Waals surface area contributed by atoms with Crippen molar-refractivity contribution in [3.8, 4) is 0 Å². The summed E-state index contributed by atoms with van der Waals surface area (Å²) in [4.78, 5) is 8.78. The van der Waals surface area contributed by atoms with Crippen molar-refractivity contribution in [2.75, 3.05) is 5.32 Å². The van der Waals surface area contributed by atoms with E-state index < -0.39 is 0 Å². The maximum absolute atomic E-state index is 13.2. The number of halogens is 1. The molecule has 1 unspecified atom stereocenters. The maximum atomic E-state index is 13.2. The van der Waals surface area contributed by atoms with E-state index in [1.165, 1.54) is 12.1 Å².